The zero-order valence-corrected chi connectivity index (χ0v) is 9.55. The average Bonchev–Trinajstić information content (AvgIpc) is 0.722. The van der Waals surface area contributed by atoms with Crippen molar-refractivity contribution in [1.82, 2.24) is 0 Å². The number of rotatable bonds is 0. The van der Waals surface area contributed by atoms with Gasteiger partial charge in [-0.15, -0.1) is 0 Å². The molecule has 0 rings (SSSR count). The minimum atomic E-state index is -5.17. The van der Waals surface area contributed by atoms with E-state index in [9.17, 15) is 0 Å². The van der Waals surface area contributed by atoms with Crippen LogP contribution in [0.25, 0.3) is 0 Å². The molecule has 0 saturated carbocycles. The van der Waals surface area contributed by atoms with E-state index in [0.717, 1.165) is 0 Å². The summed E-state index contributed by atoms with van der Waals surface area (Å²) in [6, 6.07) is 0. The molecule has 0 aromatic rings. The van der Waals surface area contributed by atoms with E-state index in [1.165, 1.54) is 0 Å². The third kappa shape index (κ3) is 108. The van der Waals surface area contributed by atoms with Gasteiger partial charge < -0.3 is 14.6 Å². The van der Waals surface area contributed by atoms with Gasteiger partial charge >= 0.3 is 74.4 Å². The van der Waals surface area contributed by atoms with Crippen molar-refractivity contribution in [2.24, 2.45) is 0 Å². The Bertz CT molecular complexity index is 100. The molecular weight excluding hydrogens is 202 g/mol. The first-order chi connectivity index (χ1) is 2.00. The molecule has 5 nitrogen and oxygen atoms in total. The number of hydrogen-bond donors (Lipinski definition) is 0. The molecule has 0 saturated heterocycles. The molecule has 1 N–H and O–H groups in total. The molecule has 0 bridgehead atoms. The molecule has 0 radical (unpaired) electrons. The van der Waals surface area contributed by atoms with E-state index in [1.807, 2.05) is 0 Å². The van der Waals surface area contributed by atoms with E-state index >= 15 is 0 Å². The van der Waals surface area contributed by atoms with E-state index in [2.05, 4.69) is 0 Å². The van der Waals surface area contributed by atoms with Crippen LogP contribution in [0, 0.1) is 0 Å². The fourth-order valence-corrected chi connectivity index (χ4v) is 0. The maximum atomic E-state index is 8.52. The summed E-state index contributed by atoms with van der Waals surface area (Å²) in [5, 5.41) is 0. The van der Waals surface area contributed by atoms with Crippen molar-refractivity contribution in [1.29, 1.82) is 0 Å². The van der Waals surface area contributed by atoms with Crippen molar-refractivity contribution in [3.63, 3.8) is 0 Å². The molecule has 0 amide bonds. The maximum absolute atomic E-state index is 8.52. The molecular formula is H4AlKMgO5S. The quantitative estimate of drug-likeness (QED) is 0.223. The third-order valence-corrected chi connectivity index (χ3v) is 0. The van der Waals surface area contributed by atoms with Gasteiger partial charge in [-0.1, -0.05) is 0 Å². The Morgan fingerprint density at radius 3 is 1.11 bits per heavy atom. The van der Waals surface area contributed by atoms with Gasteiger partial charge in [-0.25, -0.2) is 0 Å². The molecule has 9 heteroatoms. The largest absolute Gasteiger partial charge is 2.00 e. The first-order valence-electron chi connectivity index (χ1n) is 0.667. The van der Waals surface area contributed by atoms with Crippen molar-refractivity contribution < 1.29 is 74.4 Å². The van der Waals surface area contributed by atoms with Crippen LogP contribution in [0.5, 0.6) is 0 Å². The van der Waals surface area contributed by atoms with Crippen molar-refractivity contribution >= 4 is 50.8 Å². The van der Waals surface area contributed by atoms with Gasteiger partial charge in [0.05, 0.1) is 0 Å². The zero-order valence-electron chi connectivity index (χ0n) is 4.20. The van der Waals surface area contributed by atoms with Gasteiger partial charge in [-0.3, -0.25) is 8.42 Å². The van der Waals surface area contributed by atoms with Crippen molar-refractivity contribution in [2.75, 3.05) is 0 Å². The predicted octanol–water partition coefficient (Wildman–Crippen LogP) is -6.08. The van der Waals surface area contributed by atoms with E-state index in [-0.39, 0.29) is 97.3 Å². The fraction of sp³-hybridized carbons (Fsp3) is 0. The summed E-state index contributed by atoms with van der Waals surface area (Å²) in [5.74, 6) is 0. The van der Waals surface area contributed by atoms with Crippen LogP contribution in [0.2, 0.25) is 0 Å². The van der Waals surface area contributed by atoms with Gasteiger partial charge in [0.15, 0.2) is 17.4 Å². The molecule has 0 aromatic carbocycles. The Morgan fingerprint density at radius 1 is 1.11 bits per heavy atom. The van der Waals surface area contributed by atoms with Crippen LogP contribution in [0.4, 0.5) is 0 Å². The van der Waals surface area contributed by atoms with Crippen LogP contribution >= 0.6 is 0 Å². The molecule has 0 atom stereocenters. The molecule has 0 aliphatic heterocycles. The molecule has 0 fully saturated rings. The van der Waals surface area contributed by atoms with Crippen molar-refractivity contribution in [2.45, 2.75) is 0 Å². The van der Waals surface area contributed by atoms with Gasteiger partial charge in [0.25, 0.3) is 0 Å². The molecule has 0 spiro atoms. The minimum Gasteiger partial charge on any atom is -0.870 e. The fourth-order valence-electron chi connectivity index (χ4n) is 0. The van der Waals surface area contributed by atoms with Crippen LogP contribution in [-0.4, -0.2) is 63.4 Å². The summed E-state index contributed by atoms with van der Waals surface area (Å²) >= 11 is 0. The monoisotopic (exact) mass is 206 g/mol. The van der Waals surface area contributed by atoms with Gasteiger partial charge in [0.2, 0.25) is 0 Å². The summed E-state index contributed by atoms with van der Waals surface area (Å²) in [6.07, 6.45) is 0. The zero-order chi connectivity index (χ0) is 4.50. The van der Waals surface area contributed by atoms with E-state index < -0.39 is 10.4 Å². The average molecular weight is 206 g/mol. The van der Waals surface area contributed by atoms with Crippen LogP contribution in [0.15, 0.2) is 0 Å². The van der Waals surface area contributed by atoms with Gasteiger partial charge in [-0.2, -0.15) is 0 Å². The Hall–Kier alpha value is 2.77. The first kappa shape index (κ1) is 29.8. The topological polar surface area (TPSA) is 110 Å². The summed E-state index contributed by atoms with van der Waals surface area (Å²) in [6.45, 7) is 0. The summed E-state index contributed by atoms with van der Waals surface area (Å²) in [5.41, 5.74) is 0. The van der Waals surface area contributed by atoms with E-state index in [0.29, 0.717) is 0 Å². The third-order valence-electron chi connectivity index (χ3n) is 0. The van der Waals surface area contributed by atoms with E-state index in [1.54, 1.807) is 0 Å². The maximum Gasteiger partial charge on any atom is 2.00 e. The molecule has 46 valence electrons. The van der Waals surface area contributed by atoms with Crippen molar-refractivity contribution in [3.05, 3.63) is 0 Å². The van der Waals surface area contributed by atoms with Crippen LogP contribution in [-0.2, 0) is 10.4 Å². The molecule has 0 unspecified atom stereocenters. The second kappa shape index (κ2) is 13.4. The van der Waals surface area contributed by atoms with Crippen molar-refractivity contribution in [3.8, 4) is 0 Å². The van der Waals surface area contributed by atoms with Crippen LogP contribution in [0.1, 0.15) is 0 Å². The molecule has 0 aliphatic rings. The smallest absolute Gasteiger partial charge is 0.870 e. The van der Waals surface area contributed by atoms with Crippen LogP contribution < -0.4 is 51.4 Å². The Labute approximate surface area is 123 Å². The van der Waals surface area contributed by atoms with E-state index in [4.69, 9.17) is 17.5 Å². The summed E-state index contributed by atoms with van der Waals surface area (Å²) in [4.78, 5) is 0. The summed E-state index contributed by atoms with van der Waals surface area (Å²) in [7, 11) is -5.17. The molecule has 0 aliphatic carbocycles. The molecule has 0 aromatic heterocycles. The minimum absolute atomic E-state index is 0. The van der Waals surface area contributed by atoms with Gasteiger partial charge in [0, 0.05) is 10.4 Å². The second-order valence-electron chi connectivity index (χ2n) is 0.408. The number of hydrogen-bond acceptors (Lipinski definition) is 5. The standard InChI is InChI=1S/Al.K.Mg.H2O4S.H2O.3H/c;;;1-5(2,3)4;;;;/h;;;(H2,1,2,3,4);1H2;;;/q;+1;+2;;;;;/p-3. The van der Waals surface area contributed by atoms with Gasteiger partial charge in [0.1, 0.15) is 0 Å². The SMILES string of the molecule is O=S(=O)([O-])[O-].[AlH3].[K+].[Mg+2].[OH-]. The Morgan fingerprint density at radius 2 is 1.11 bits per heavy atom. The first-order valence-corrected chi connectivity index (χ1v) is 2.00. The predicted molar refractivity (Wildman–Crippen MR) is 28.1 cm³/mol. The normalized spacial score (nSPS) is 6.44. The molecule has 0 heterocycles. The summed E-state index contributed by atoms with van der Waals surface area (Å²) < 4.78 is 34.1. The molecule has 9 heavy (non-hydrogen) atoms. The Balaban J connectivity index is -0.0000000133. The Kier molecular flexibility index (Phi) is 44.2. The van der Waals surface area contributed by atoms with Crippen LogP contribution in [0.3, 0.4) is 0 Å². The second-order valence-corrected chi connectivity index (χ2v) is 1.22. The van der Waals surface area contributed by atoms with Gasteiger partial charge in [-0.05, 0) is 0 Å².